The molecule has 2 N–H and O–H groups in total. The van der Waals surface area contributed by atoms with E-state index in [1.165, 1.54) is 37.9 Å². The van der Waals surface area contributed by atoms with Gasteiger partial charge in [0.2, 0.25) is 0 Å². The van der Waals surface area contributed by atoms with Gasteiger partial charge in [0.15, 0.2) is 0 Å². The Morgan fingerprint density at radius 3 is 2.58 bits per heavy atom. The van der Waals surface area contributed by atoms with Crippen molar-refractivity contribution in [1.82, 2.24) is 9.55 Å². The Morgan fingerprint density at radius 2 is 2.11 bits per heavy atom. The van der Waals surface area contributed by atoms with Gasteiger partial charge in [0, 0.05) is 25.9 Å². The van der Waals surface area contributed by atoms with Gasteiger partial charge in [-0.15, -0.1) is 0 Å². The van der Waals surface area contributed by atoms with Gasteiger partial charge in [-0.2, -0.15) is 0 Å². The molecule has 108 valence electrons. The molecule has 19 heavy (non-hydrogen) atoms. The molecular formula is C16H29N3. The first-order valence-corrected chi connectivity index (χ1v) is 7.72. The van der Waals surface area contributed by atoms with Crippen molar-refractivity contribution in [2.24, 2.45) is 30.0 Å². The van der Waals surface area contributed by atoms with Crippen molar-refractivity contribution in [3.63, 3.8) is 0 Å². The van der Waals surface area contributed by atoms with Crippen LogP contribution in [-0.2, 0) is 13.5 Å². The molecule has 2 rings (SSSR count). The Labute approximate surface area is 117 Å². The molecule has 3 nitrogen and oxygen atoms in total. The largest absolute Gasteiger partial charge is 0.338 e. The first-order valence-electron chi connectivity index (χ1n) is 7.72. The Hall–Kier alpha value is -0.830. The van der Waals surface area contributed by atoms with Crippen LogP contribution in [0.25, 0.3) is 0 Å². The molecular weight excluding hydrogens is 234 g/mol. The summed E-state index contributed by atoms with van der Waals surface area (Å²) < 4.78 is 2.13. The molecule has 1 heterocycles. The highest BCUT2D eigenvalue weighted by atomic mass is 15.0. The molecule has 0 spiro atoms. The first kappa shape index (κ1) is 14.6. The molecule has 3 heteroatoms. The minimum atomic E-state index is 0.372. The lowest BCUT2D eigenvalue weighted by Crippen LogP contribution is -2.36. The number of aryl methyl sites for hydroxylation is 2. The van der Waals surface area contributed by atoms with Crippen molar-refractivity contribution in [3.05, 3.63) is 18.2 Å². The molecule has 0 unspecified atom stereocenters. The summed E-state index contributed by atoms with van der Waals surface area (Å²) in [7, 11) is 2.08. The number of imidazole rings is 1. The van der Waals surface area contributed by atoms with Gasteiger partial charge in [-0.05, 0) is 55.9 Å². The Bertz CT molecular complexity index is 386. The molecule has 0 aliphatic heterocycles. The summed E-state index contributed by atoms with van der Waals surface area (Å²) >= 11 is 0. The second-order valence-electron chi connectivity index (χ2n) is 6.74. The zero-order valence-electron chi connectivity index (χ0n) is 12.7. The summed E-state index contributed by atoms with van der Waals surface area (Å²) in [6, 6.07) is 0. The first-order chi connectivity index (χ1) is 9.06. The Kier molecular flexibility index (Phi) is 4.67. The normalized spacial score (nSPS) is 27.9. The predicted octanol–water partition coefficient (Wildman–Crippen LogP) is 3.14. The van der Waals surface area contributed by atoms with E-state index in [1.54, 1.807) is 0 Å². The van der Waals surface area contributed by atoms with Gasteiger partial charge in [-0.25, -0.2) is 4.98 Å². The molecule has 0 radical (unpaired) electrons. The van der Waals surface area contributed by atoms with Gasteiger partial charge >= 0.3 is 0 Å². The average Bonchev–Trinajstić information content (AvgIpc) is 2.82. The van der Waals surface area contributed by atoms with E-state index in [1.807, 2.05) is 12.4 Å². The fourth-order valence-corrected chi connectivity index (χ4v) is 3.49. The van der Waals surface area contributed by atoms with Crippen molar-refractivity contribution in [2.45, 2.75) is 52.4 Å². The quantitative estimate of drug-likeness (QED) is 0.887. The number of rotatable bonds is 5. The minimum Gasteiger partial charge on any atom is -0.338 e. The van der Waals surface area contributed by atoms with Crippen LogP contribution in [-0.4, -0.2) is 16.1 Å². The topological polar surface area (TPSA) is 43.8 Å². The molecule has 0 amide bonds. The number of nitrogens with zero attached hydrogens (tertiary/aromatic N) is 2. The standard InChI is InChI=1S/C16H29N3/c1-13(2)14-4-7-16(12-17,8-5-14)9-6-15-18-10-11-19(15)3/h10-11,13-14H,4-9,12,17H2,1-3H3. The molecule has 0 bridgehead atoms. The van der Waals surface area contributed by atoms with Crippen LogP contribution in [0.4, 0.5) is 0 Å². The lowest BCUT2D eigenvalue weighted by atomic mass is 9.66. The number of hydrogen-bond acceptors (Lipinski definition) is 2. The smallest absolute Gasteiger partial charge is 0.108 e. The maximum atomic E-state index is 6.11. The zero-order chi connectivity index (χ0) is 13.9. The van der Waals surface area contributed by atoms with E-state index >= 15 is 0 Å². The SMILES string of the molecule is CC(C)C1CCC(CN)(CCc2nccn2C)CC1. The van der Waals surface area contributed by atoms with Gasteiger partial charge in [0.25, 0.3) is 0 Å². The fourth-order valence-electron chi connectivity index (χ4n) is 3.49. The van der Waals surface area contributed by atoms with E-state index < -0.39 is 0 Å². The summed E-state index contributed by atoms with van der Waals surface area (Å²) in [5.74, 6) is 2.93. The highest BCUT2D eigenvalue weighted by molar-refractivity contribution is 4.95. The molecule has 1 saturated carbocycles. The van der Waals surface area contributed by atoms with Gasteiger partial charge < -0.3 is 10.3 Å². The Balaban J connectivity index is 1.91. The van der Waals surface area contributed by atoms with E-state index in [0.29, 0.717) is 5.41 Å². The summed E-state index contributed by atoms with van der Waals surface area (Å²) in [5, 5.41) is 0. The van der Waals surface area contributed by atoms with Crippen LogP contribution < -0.4 is 5.73 Å². The molecule has 0 saturated heterocycles. The van der Waals surface area contributed by atoms with Crippen LogP contribution in [0.1, 0.15) is 51.8 Å². The zero-order valence-corrected chi connectivity index (χ0v) is 12.7. The molecule has 1 aliphatic rings. The second kappa shape index (κ2) is 6.08. The van der Waals surface area contributed by atoms with Gasteiger partial charge in [-0.3, -0.25) is 0 Å². The molecule has 1 aromatic rings. The monoisotopic (exact) mass is 263 g/mol. The third-order valence-electron chi connectivity index (χ3n) is 5.27. The number of hydrogen-bond donors (Lipinski definition) is 1. The third-order valence-corrected chi connectivity index (χ3v) is 5.27. The highest BCUT2D eigenvalue weighted by Crippen LogP contribution is 2.43. The second-order valence-corrected chi connectivity index (χ2v) is 6.74. The molecule has 1 fully saturated rings. The van der Waals surface area contributed by atoms with E-state index in [0.717, 1.165) is 24.8 Å². The van der Waals surface area contributed by atoms with Crippen LogP contribution in [0.3, 0.4) is 0 Å². The van der Waals surface area contributed by atoms with Gasteiger partial charge in [0.1, 0.15) is 5.82 Å². The van der Waals surface area contributed by atoms with Crippen molar-refractivity contribution in [3.8, 4) is 0 Å². The van der Waals surface area contributed by atoms with E-state index in [-0.39, 0.29) is 0 Å². The van der Waals surface area contributed by atoms with Crippen LogP contribution in [0, 0.1) is 17.3 Å². The highest BCUT2D eigenvalue weighted by Gasteiger charge is 2.34. The van der Waals surface area contributed by atoms with Crippen molar-refractivity contribution in [1.29, 1.82) is 0 Å². The molecule has 0 aromatic carbocycles. The fraction of sp³-hybridized carbons (Fsp3) is 0.812. The maximum Gasteiger partial charge on any atom is 0.108 e. The summed E-state index contributed by atoms with van der Waals surface area (Å²) in [4.78, 5) is 4.43. The van der Waals surface area contributed by atoms with Crippen LogP contribution in [0.2, 0.25) is 0 Å². The van der Waals surface area contributed by atoms with Crippen molar-refractivity contribution >= 4 is 0 Å². The molecule has 0 atom stereocenters. The summed E-state index contributed by atoms with van der Waals surface area (Å²) in [5.41, 5.74) is 6.48. The third kappa shape index (κ3) is 3.38. The molecule has 1 aliphatic carbocycles. The summed E-state index contributed by atoms with van der Waals surface area (Å²) in [6.45, 7) is 5.55. The maximum absolute atomic E-state index is 6.11. The van der Waals surface area contributed by atoms with E-state index in [4.69, 9.17) is 5.73 Å². The van der Waals surface area contributed by atoms with Crippen LogP contribution in [0.15, 0.2) is 12.4 Å². The number of nitrogens with two attached hydrogens (primary N) is 1. The predicted molar refractivity (Wildman–Crippen MR) is 79.8 cm³/mol. The van der Waals surface area contributed by atoms with Gasteiger partial charge in [-0.1, -0.05) is 13.8 Å². The Morgan fingerprint density at radius 1 is 1.42 bits per heavy atom. The van der Waals surface area contributed by atoms with Crippen molar-refractivity contribution < 1.29 is 0 Å². The van der Waals surface area contributed by atoms with Crippen molar-refractivity contribution in [2.75, 3.05) is 6.54 Å². The van der Waals surface area contributed by atoms with Gasteiger partial charge in [0.05, 0.1) is 0 Å². The lowest BCUT2D eigenvalue weighted by molar-refractivity contribution is 0.122. The molecule has 1 aromatic heterocycles. The van der Waals surface area contributed by atoms with Crippen LogP contribution in [0.5, 0.6) is 0 Å². The average molecular weight is 263 g/mol. The van der Waals surface area contributed by atoms with E-state index in [9.17, 15) is 0 Å². The number of aromatic nitrogens is 2. The lowest BCUT2D eigenvalue weighted by Gasteiger charge is -2.40. The van der Waals surface area contributed by atoms with Crippen LogP contribution >= 0.6 is 0 Å². The summed E-state index contributed by atoms with van der Waals surface area (Å²) in [6.07, 6.45) is 11.5. The minimum absolute atomic E-state index is 0.372. The van der Waals surface area contributed by atoms with E-state index in [2.05, 4.69) is 30.4 Å².